The molecule has 0 atom stereocenters. The number of hydrogen-bond donors (Lipinski definition) is 0. The number of nitrogens with zero attached hydrogens (tertiary/aromatic N) is 2. The first-order chi connectivity index (χ1) is 8.26. The van der Waals surface area contributed by atoms with Gasteiger partial charge < -0.3 is 4.57 Å². The number of hydrogen-bond acceptors (Lipinski definition) is 1. The number of fused-ring (bicyclic) bond motifs is 1. The average molecular weight is 285 g/mol. The number of aromatic nitrogens is 1. The minimum atomic E-state index is 0.555. The van der Waals surface area contributed by atoms with Crippen molar-refractivity contribution in [2.24, 2.45) is 0 Å². The smallest absolute Gasteiger partial charge is 0.0991 e. The van der Waals surface area contributed by atoms with Crippen molar-refractivity contribution >= 4 is 34.7 Å². The molecule has 82 valence electrons. The topological polar surface area (TPSA) is 28.7 Å². The molecule has 2 rings (SSSR count). The number of rotatable bonds is 3. The maximum absolute atomic E-state index is 8.87. The lowest BCUT2D eigenvalue weighted by Gasteiger charge is -2.00. The lowest BCUT2D eigenvalue weighted by Crippen LogP contribution is -1.92. The molecule has 0 aliphatic rings. The monoisotopic (exact) mass is 284 g/mol. The summed E-state index contributed by atoms with van der Waals surface area (Å²) in [6.07, 6.45) is 6.54. The molecule has 0 unspecified atom stereocenters. The van der Waals surface area contributed by atoms with E-state index in [0.29, 0.717) is 11.9 Å². The molecule has 2 aromatic rings. The van der Waals surface area contributed by atoms with E-state index in [4.69, 9.17) is 13.1 Å². The van der Waals surface area contributed by atoms with Crippen molar-refractivity contribution in [3.63, 3.8) is 0 Å². The maximum atomic E-state index is 8.87. The van der Waals surface area contributed by atoms with Gasteiger partial charge in [0, 0.05) is 28.1 Å². The van der Waals surface area contributed by atoms with Gasteiger partial charge >= 0.3 is 0 Å². The standard InChI is InChI=1S/C13H10BBrN2/c14-5-1-2-6-17-9-12(15)11-7-10(8-16)3-4-13(11)17/h1-4,7,9H,5-6H2/b2-1+. The quantitative estimate of drug-likeness (QED) is 0.627. The van der Waals surface area contributed by atoms with Gasteiger partial charge in [0.05, 0.1) is 19.5 Å². The van der Waals surface area contributed by atoms with Crippen LogP contribution >= 0.6 is 15.9 Å². The van der Waals surface area contributed by atoms with Gasteiger partial charge in [0.2, 0.25) is 0 Å². The molecule has 0 bridgehead atoms. The van der Waals surface area contributed by atoms with Gasteiger partial charge in [-0.25, -0.2) is 0 Å². The third-order valence-corrected chi connectivity index (χ3v) is 3.20. The Morgan fingerprint density at radius 1 is 1.41 bits per heavy atom. The SMILES string of the molecule is [B]C/C=C/Cn1cc(Br)c2cc(C#N)ccc21. The van der Waals surface area contributed by atoms with E-state index in [-0.39, 0.29) is 0 Å². The second-order valence-corrected chi connectivity index (χ2v) is 4.53. The van der Waals surface area contributed by atoms with Gasteiger partial charge in [-0.3, -0.25) is 0 Å². The van der Waals surface area contributed by atoms with Crippen molar-refractivity contribution < 1.29 is 0 Å². The molecule has 0 saturated heterocycles. The minimum Gasteiger partial charge on any atom is -0.342 e. The van der Waals surface area contributed by atoms with Gasteiger partial charge in [0.15, 0.2) is 0 Å². The fourth-order valence-electron chi connectivity index (χ4n) is 1.76. The largest absolute Gasteiger partial charge is 0.342 e. The Balaban J connectivity index is 2.46. The van der Waals surface area contributed by atoms with Crippen LogP contribution in [-0.2, 0) is 6.54 Å². The van der Waals surface area contributed by atoms with E-state index in [1.54, 1.807) is 0 Å². The van der Waals surface area contributed by atoms with Crippen molar-refractivity contribution in [1.29, 1.82) is 5.26 Å². The molecule has 0 saturated carbocycles. The fraction of sp³-hybridized carbons (Fsp3) is 0.154. The minimum absolute atomic E-state index is 0.555. The van der Waals surface area contributed by atoms with E-state index in [9.17, 15) is 0 Å². The van der Waals surface area contributed by atoms with E-state index in [1.807, 2.05) is 36.5 Å². The number of allylic oxidation sites excluding steroid dienone is 2. The Hall–Kier alpha value is -1.47. The predicted octanol–water partition coefficient (Wildman–Crippen LogP) is 3.42. The van der Waals surface area contributed by atoms with Crippen LogP contribution in [-0.4, -0.2) is 12.4 Å². The Morgan fingerprint density at radius 2 is 2.24 bits per heavy atom. The molecule has 1 aromatic carbocycles. The van der Waals surface area contributed by atoms with Crippen molar-refractivity contribution in [3.8, 4) is 6.07 Å². The number of halogens is 1. The van der Waals surface area contributed by atoms with E-state index in [2.05, 4.69) is 26.6 Å². The van der Waals surface area contributed by atoms with Crippen LogP contribution in [0.15, 0.2) is 41.0 Å². The van der Waals surface area contributed by atoms with Gasteiger partial charge in [0.25, 0.3) is 0 Å². The van der Waals surface area contributed by atoms with Gasteiger partial charge in [-0.2, -0.15) is 5.26 Å². The highest BCUT2D eigenvalue weighted by Gasteiger charge is 2.06. The molecule has 4 heteroatoms. The van der Waals surface area contributed by atoms with E-state index >= 15 is 0 Å². The first-order valence-electron chi connectivity index (χ1n) is 5.30. The zero-order valence-electron chi connectivity index (χ0n) is 9.23. The van der Waals surface area contributed by atoms with Gasteiger partial charge in [0.1, 0.15) is 0 Å². The molecule has 0 N–H and O–H groups in total. The summed E-state index contributed by atoms with van der Waals surface area (Å²) in [6, 6.07) is 7.84. The normalized spacial score (nSPS) is 11.1. The van der Waals surface area contributed by atoms with E-state index in [1.165, 1.54) is 0 Å². The summed E-state index contributed by atoms with van der Waals surface area (Å²) in [5.74, 6) is 0. The molecule has 0 fully saturated rings. The summed E-state index contributed by atoms with van der Waals surface area (Å²) in [7, 11) is 5.41. The van der Waals surface area contributed by atoms with E-state index in [0.717, 1.165) is 21.9 Å². The van der Waals surface area contributed by atoms with E-state index < -0.39 is 0 Å². The molecule has 2 radical (unpaired) electrons. The lowest BCUT2D eigenvalue weighted by atomic mass is 10.1. The molecule has 2 nitrogen and oxygen atoms in total. The zero-order valence-corrected chi connectivity index (χ0v) is 10.8. The highest BCUT2D eigenvalue weighted by Crippen LogP contribution is 2.27. The predicted molar refractivity (Wildman–Crippen MR) is 74.1 cm³/mol. The molecular formula is C13H10BBrN2. The molecule has 0 amide bonds. The summed E-state index contributed by atoms with van der Waals surface area (Å²) in [6.45, 7) is 0.783. The van der Waals surface area contributed by atoms with Crippen molar-refractivity contribution in [2.75, 3.05) is 0 Å². The van der Waals surface area contributed by atoms with Crippen LogP contribution in [0.25, 0.3) is 10.9 Å². The third-order valence-electron chi connectivity index (χ3n) is 2.57. The first kappa shape index (κ1) is 12.0. The summed E-state index contributed by atoms with van der Waals surface area (Å²) in [5.41, 5.74) is 1.78. The number of benzene rings is 1. The van der Waals surface area contributed by atoms with Crippen LogP contribution < -0.4 is 0 Å². The molecule has 0 aliphatic heterocycles. The first-order valence-corrected chi connectivity index (χ1v) is 6.09. The van der Waals surface area contributed by atoms with Gasteiger partial charge in [-0.05, 0) is 34.1 Å². The number of nitriles is 1. The van der Waals surface area contributed by atoms with Crippen molar-refractivity contribution in [2.45, 2.75) is 12.9 Å². The van der Waals surface area contributed by atoms with Crippen LogP contribution in [0.5, 0.6) is 0 Å². The Labute approximate surface area is 110 Å². The molecule has 1 heterocycles. The van der Waals surface area contributed by atoms with Crippen LogP contribution in [0.2, 0.25) is 6.32 Å². The summed E-state index contributed by atoms with van der Waals surface area (Å²) in [5, 5.41) is 9.93. The van der Waals surface area contributed by atoms with Crippen LogP contribution in [0.1, 0.15) is 5.56 Å². The van der Waals surface area contributed by atoms with Crippen molar-refractivity contribution in [3.05, 3.63) is 46.6 Å². The second-order valence-electron chi connectivity index (χ2n) is 3.68. The highest BCUT2D eigenvalue weighted by atomic mass is 79.9. The van der Waals surface area contributed by atoms with Gasteiger partial charge in [-0.1, -0.05) is 18.5 Å². The lowest BCUT2D eigenvalue weighted by molar-refractivity contribution is 0.860. The van der Waals surface area contributed by atoms with Crippen LogP contribution in [0.4, 0.5) is 0 Å². The summed E-state index contributed by atoms with van der Waals surface area (Å²) < 4.78 is 3.12. The zero-order chi connectivity index (χ0) is 12.3. The molecule has 17 heavy (non-hydrogen) atoms. The summed E-state index contributed by atoms with van der Waals surface area (Å²) in [4.78, 5) is 0. The molecule has 1 aromatic heterocycles. The molecule has 0 aliphatic carbocycles. The highest BCUT2D eigenvalue weighted by molar-refractivity contribution is 9.10. The van der Waals surface area contributed by atoms with Crippen LogP contribution in [0, 0.1) is 11.3 Å². The summed E-state index contributed by atoms with van der Waals surface area (Å²) >= 11 is 3.51. The Bertz CT molecular complexity index is 608. The average Bonchev–Trinajstić information content (AvgIpc) is 2.66. The fourth-order valence-corrected chi connectivity index (χ4v) is 2.32. The third kappa shape index (κ3) is 2.45. The Morgan fingerprint density at radius 3 is 2.94 bits per heavy atom. The van der Waals surface area contributed by atoms with Gasteiger partial charge in [-0.15, -0.1) is 0 Å². The molecular weight excluding hydrogens is 275 g/mol. The molecule has 0 spiro atoms. The second kappa shape index (κ2) is 5.24. The maximum Gasteiger partial charge on any atom is 0.0991 e. The van der Waals surface area contributed by atoms with Crippen molar-refractivity contribution in [1.82, 2.24) is 4.57 Å². The Kier molecular flexibility index (Phi) is 3.70. The van der Waals surface area contributed by atoms with Crippen LogP contribution in [0.3, 0.4) is 0 Å².